The first-order valence-electron chi connectivity index (χ1n) is 5.75. The van der Waals surface area contributed by atoms with E-state index in [9.17, 15) is 9.59 Å². The van der Waals surface area contributed by atoms with Crippen LogP contribution in [0.2, 0.25) is 0 Å². The lowest BCUT2D eigenvalue weighted by molar-refractivity contribution is -0.118. The van der Waals surface area contributed by atoms with Crippen LogP contribution in [0.5, 0.6) is 0 Å². The molecule has 0 aromatic carbocycles. The highest BCUT2D eigenvalue weighted by Crippen LogP contribution is 1.95. The van der Waals surface area contributed by atoms with E-state index in [4.69, 9.17) is 0 Å². The summed E-state index contributed by atoms with van der Waals surface area (Å²) in [5, 5.41) is 5.59. The van der Waals surface area contributed by atoms with Crippen LogP contribution in [0.3, 0.4) is 0 Å². The molecule has 18 heavy (non-hydrogen) atoms. The largest absolute Gasteiger partial charge is 0.355 e. The summed E-state index contributed by atoms with van der Waals surface area (Å²) in [6, 6.07) is 3.46. The Bertz CT molecular complexity index is 384. The molecule has 1 heterocycles. The number of hydrogen-bond acceptors (Lipinski definition) is 3. The van der Waals surface area contributed by atoms with Crippen molar-refractivity contribution in [1.29, 1.82) is 0 Å². The van der Waals surface area contributed by atoms with Crippen LogP contribution >= 0.6 is 22.6 Å². The molecule has 0 aliphatic heterocycles. The summed E-state index contributed by atoms with van der Waals surface area (Å²) < 4.78 is 0.482. The van der Waals surface area contributed by atoms with Crippen molar-refractivity contribution in [3.05, 3.63) is 30.1 Å². The van der Waals surface area contributed by atoms with E-state index in [1.54, 1.807) is 18.3 Å². The first kappa shape index (κ1) is 14.9. The van der Waals surface area contributed by atoms with E-state index in [0.717, 1.165) is 12.8 Å². The van der Waals surface area contributed by atoms with E-state index in [1.807, 2.05) is 22.6 Å². The van der Waals surface area contributed by atoms with Gasteiger partial charge in [0.1, 0.15) is 0 Å². The summed E-state index contributed by atoms with van der Waals surface area (Å²) in [7, 11) is 0. The lowest BCUT2D eigenvalue weighted by Gasteiger charge is -2.05. The van der Waals surface area contributed by atoms with Crippen molar-refractivity contribution in [2.75, 3.05) is 17.5 Å². The number of carbonyl (C=O) groups excluding carboxylic acids is 2. The van der Waals surface area contributed by atoms with Crippen molar-refractivity contribution in [3.8, 4) is 0 Å². The molecule has 1 rings (SSSR count). The molecule has 0 aliphatic carbocycles. The molecule has 6 heteroatoms. The van der Waals surface area contributed by atoms with Gasteiger partial charge >= 0.3 is 0 Å². The summed E-state index contributed by atoms with van der Waals surface area (Å²) in [6.45, 7) is 1.26. The third-order valence-electron chi connectivity index (χ3n) is 2.26. The van der Waals surface area contributed by atoms with Crippen molar-refractivity contribution in [2.24, 2.45) is 0 Å². The second-order valence-corrected chi connectivity index (χ2v) is 4.45. The summed E-state index contributed by atoms with van der Waals surface area (Å²) in [6.07, 6.45) is 4.87. The Hall–Kier alpha value is -1.18. The fourth-order valence-electron chi connectivity index (χ4n) is 1.33. The van der Waals surface area contributed by atoms with Gasteiger partial charge in [0, 0.05) is 25.5 Å². The highest BCUT2D eigenvalue weighted by Gasteiger charge is 2.03. The number of amides is 2. The molecular weight excluding hydrogens is 345 g/mol. The second kappa shape index (κ2) is 8.84. The number of carbonyl (C=O) groups is 2. The monoisotopic (exact) mass is 361 g/mol. The molecule has 0 spiro atoms. The minimum absolute atomic E-state index is 0.0509. The highest BCUT2D eigenvalue weighted by molar-refractivity contribution is 14.1. The Morgan fingerprint density at radius 3 is 2.56 bits per heavy atom. The Labute approximate surface area is 120 Å². The van der Waals surface area contributed by atoms with Crippen LogP contribution < -0.4 is 10.6 Å². The molecule has 5 nitrogen and oxygen atoms in total. The Balaban J connectivity index is 2.08. The number of nitrogens with one attached hydrogen (secondary N) is 2. The second-order valence-electron chi connectivity index (χ2n) is 3.69. The van der Waals surface area contributed by atoms with E-state index in [2.05, 4.69) is 15.6 Å². The van der Waals surface area contributed by atoms with E-state index in [0.29, 0.717) is 23.1 Å². The molecule has 0 radical (unpaired) electrons. The van der Waals surface area contributed by atoms with Crippen LogP contribution in [0.4, 0.5) is 0 Å². The van der Waals surface area contributed by atoms with Crippen molar-refractivity contribution >= 4 is 34.4 Å². The van der Waals surface area contributed by atoms with Crippen molar-refractivity contribution < 1.29 is 9.59 Å². The minimum atomic E-state index is -0.112. The maximum Gasteiger partial charge on any atom is 0.252 e. The van der Waals surface area contributed by atoms with Crippen LogP contribution in [-0.4, -0.2) is 34.3 Å². The first-order chi connectivity index (χ1) is 8.74. The molecule has 2 N–H and O–H groups in total. The lowest BCUT2D eigenvalue weighted by atomic mass is 10.2. The van der Waals surface area contributed by atoms with Gasteiger partial charge in [-0.3, -0.25) is 14.6 Å². The first-order valence-corrected chi connectivity index (χ1v) is 7.27. The quantitative estimate of drug-likeness (QED) is 0.435. The Morgan fingerprint density at radius 1 is 1.22 bits per heavy atom. The summed E-state index contributed by atoms with van der Waals surface area (Å²) in [4.78, 5) is 26.4. The Morgan fingerprint density at radius 2 is 1.94 bits per heavy atom. The average molecular weight is 361 g/mol. The van der Waals surface area contributed by atoms with Gasteiger partial charge in [0.2, 0.25) is 5.91 Å². The van der Waals surface area contributed by atoms with Crippen LogP contribution in [0.25, 0.3) is 0 Å². The van der Waals surface area contributed by atoms with Gasteiger partial charge in [-0.25, -0.2) is 0 Å². The number of nitrogens with zero attached hydrogens (tertiary/aromatic N) is 1. The third kappa shape index (κ3) is 5.95. The van der Waals surface area contributed by atoms with Gasteiger partial charge in [-0.15, -0.1) is 0 Å². The predicted octanol–water partition coefficient (Wildman–Crippen LogP) is 1.14. The lowest BCUT2D eigenvalue weighted by Crippen LogP contribution is -2.27. The molecule has 0 saturated heterocycles. The van der Waals surface area contributed by atoms with Gasteiger partial charge in [0.05, 0.1) is 9.99 Å². The number of aromatic nitrogens is 1. The smallest absolute Gasteiger partial charge is 0.252 e. The molecule has 1 aromatic heterocycles. The maximum atomic E-state index is 11.6. The fourth-order valence-corrected chi connectivity index (χ4v) is 1.60. The van der Waals surface area contributed by atoms with Crippen molar-refractivity contribution in [3.63, 3.8) is 0 Å². The minimum Gasteiger partial charge on any atom is -0.355 e. The number of halogens is 1. The van der Waals surface area contributed by atoms with Crippen molar-refractivity contribution in [2.45, 2.75) is 12.8 Å². The molecule has 0 atom stereocenters. The SMILES string of the molecule is O=C(CI)NCCCCNC(=O)c1cccnc1. The normalized spacial score (nSPS) is 9.83. The third-order valence-corrected chi connectivity index (χ3v) is 2.95. The molecule has 0 unspecified atom stereocenters. The van der Waals surface area contributed by atoms with Crippen LogP contribution in [0.15, 0.2) is 24.5 Å². The predicted molar refractivity (Wildman–Crippen MR) is 77.7 cm³/mol. The van der Waals surface area contributed by atoms with E-state index < -0.39 is 0 Å². The van der Waals surface area contributed by atoms with Crippen LogP contribution in [0.1, 0.15) is 23.2 Å². The maximum absolute atomic E-state index is 11.6. The number of alkyl halides is 1. The summed E-state index contributed by atoms with van der Waals surface area (Å²) >= 11 is 2.02. The number of rotatable bonds is 7. The van der Waals surface area contributed by atoms with Crippen LogP contribution in [0, 0.1) is 0 Å². The zero-order chi connectivity index (χ0) is 13.2. The molecule has 0 bridgehead atoms. The number of hydrogen-bond donors (Lipinski definition) is 2. The summed E-state index contributed by atoms with van der Waals surface area (Å²) in [5.41, 5.74) is 0.565. The molecule has 0 aliphatic rings. The average Bonchev–Trinajstić information content (AvgIpc) is 2.43. The van der Waals surface area contributed by atoms with E-state index in [1.165, 1.54) is 6.20 Å². The van der Waals surface area contributed by atoms with Crippen LogP contribution in [-0.2, 0) is 4.79 Å². The zero-order valence-electron chi connectivity index (χ0n) is 9.99. The molecule has 2 amide bonds. The molecule has 98 valence electrons. The van der Waals surface area contributed by atoms with Gasteiger partial charge < -0.3 is 10.6 Å². The van der Waals surface area contributed by atoms with E-state index >= 15 is 0 Å². The molecule has 0 fully saturated rings. The number of pyridine rings is 1. The van der Waals surface area contributed by atoms with Gasteiger partial charge in [0.15, 0.2) is 0 Å². The number of unbranched alkanes of at least 4 members (excludes halogenated alkanes) is 1. The molecule has 1 aromatic rings. The van der Waals surface area contributed by atoms with Gasteiger partial charge in [-0.05, 0) is 25.0 Å². The highest BCUT2D eigenvalue weighted by atomic mass is 127. The topological polar surface area (TPSA) is 71.1 Å². The summed E-state index contributed by atoms with van der Waals surface area (Å²) in [5.74, 6) is -0.0607. The van der Waals surface area contributed by atoms with E-state index in [-0.39, 0.29) is 11.8 Å². The fraction of sp³-hybridized carbons (Fsp3) is 0.417. The van der Waals surface area contributed by atoms with Gasteiger partial charge in [-0.2, -0.15) is 0 Å². The molecular formula is C12H16IN3O2. The zero-order valence-corrected chi connectivity index (χ0v) is 12.1. The van der Waals surface area contributed by atoms with Crippen molar-refractivity contribution in [1.82, 2.24) is 15.6 Å². The Kier molecular flexibility index (Phi) is 7.31. The standard InChI is InChI=1S/C12H16IN3O2/c13-8-11(17)15-6-1-2-7-16-12(18)10-4-3-5-14-9-10/h3-5,9H,1-2,6-8H2,(H,15,17)(H,16,18). The molecule has 0 saturated carbocycles. The van der Waals surface area contributed by atoms with Gasteiger partial charge in [-0.1, -0.05) is 22.6 Å². The van der Waals surface area contributed by atoms with Gasteiger partial charge in [0.25, 0.3) is 5.91 Å².